The van der Waals surface area contributed by atoms with Crippen LogP contribution >= 0.6 is 11.6 Å². The maximum atomic E-state index is 11.8. The van der Waals surface area contributed by atoms with Crippen LogP contribution in [-0.4, -0.2) is 48.2 Å². The van der Waals surface area contributed by atoms with E-state index >= 15 is 0 Å². The summed E-state index contributed by atoms with van der Waals surface area (Å²) in [6.45, 7) is 3.36. The van der Waals surface area contributed by atoms with E-state index in [0.29, 0.717) is 0 Å². The third kappa shape index (κ3) is 5.98. The van der Waals surface area contributed by atoms with Crippen LogP contribution in [0.3, 0.4) is 0 Å². The van der Waals surface area contributed by atoms with Gasteiger partial charge in [0.15, 0.2) is 0 Å². The number of aliphatic carboxylic acids is 1. The van der Waals surface area contributed by atoms with E-state index in [1.807, 2.05) is 30.3 Å². The molecule has 1 unspecified atom stereocenters. The van der Waals surface area contributed by atoms with Gasteiger partial charge in [-0.25, -0.2) is 0 Å². The van der Waals surface area contributed by atoms with E-state index < -0.39 is 5.97 Å². The summed E-state index contributed by atoms with van der Waals surface area (Å²) in [5, 5.41) is 10.5. The first-order chi connectivity index (χ1) is 13.6. The molecule has 0 aromatic heterocycles. The Hall–Kier alpha value is -2.04. The van der Waals surface area contributed by atoms with Crippen molar-refractivity contribution in [3.63, 3.8) is 0 Å². The lowest BCUT2D eigenvalue weighted by Crippen LogP contribution is -2.52. The van der Waals surface area contributed by atoms with Crippen molar-refractivity contribution in [3.8, 4) is 0 Å². The zero-order valence-corrected chi connectivity index (χ0v) is 17.0. The molecule has 1 N–H and O–H groups in total. The number of carboxylic acid groups (broad SMARTS) is 1. The Bertz CT molecular complexity index is 728. The number of benzene rings is 2. The van der Waals surface area contributed by atoms with Gasteiger partial charge >= 0.3 is 5.97 Å². The van der Waals surface area contributed by atoms with Gasteiger partial charge < -0.3 is 10.0 Å². The quantitative estimate of drug-likeness (QED) is 0.618. The lowest BCUT2D eigenvalue weighted by Gasteiger charge is -2.38. The van der Waals surface area contributed by atoms with E-state index in [9.17, 15) is 9.90 Å². The Morgan fingerprint density at radius 2 is 1.61 bits per heavy atom. The molecule has 2 aromatic rings. The number of carboxylic acids is 1. The maximum absolute atomic E-state index is 11.8. The molecule has 1 fully saturated rings. The second kappa shape index (κ2) is 10.5. The minimum absolute atomic E-state index is 0.367. The van der Waals surface area contributed by atoms with E-state index in [-0.39, 0.29) is 6.04 Å². The number of hydrogen-bond donors (Lipinski definition) is 1. The fourth-order valence-corrected chi connectivity index (χ4v) is 4.01. The Morgan fingerprint density at radius 1 is 0.929 bits per heavy atom. The highest BCUT2D eigenvalue weighted by molar-refractivity contribution is 6.30. The molecular formula is C23H29ClN2O2. The number of hydrogen-bond acceptors (Lipinski definition) is 3. The molecule has 0 saturated carbocycles. The first-order valence-electron chi connectivity index (χ1n) is 10.1. The molecule has 1 aliphatic heterocycles. The van der Waals surface area contributed by atoms with Crippen LogP contribution in [0.4, 0.5) is 5.69 Å². The average molecular weight is 401 g/mol. The highest BCUT2D eigenvalue weighted by Crippen LogP contribution is 2.19. The van der Waals surface area contributed by atoms with Gasteiger partial charge in [0.05, 0.1) is 0 Å². The van der Waals surface area contributed by atoms with Crippen LogP contribution < -0.4 is 4.90 Å². The van der Waals surface area contributed by atoms with Gasteiger partial charge in [-0.3, -0.25) is 9.69 Å². The second-order valence-electron chi connectivity index (χ2n) is 7.44. The fourth-order valence-electron chi connectivity index (χ4n) is 3.89. The number of unbranched alkanes of at least 4 members (excludes halogenated alkanes) is 2. The number of rotatable bonds is 9. The number of para-hydroxylation sites is 1. The molecule has 5 heteroatoms. The van der Waals surface area contributed by atoms with Crippen molar-refractivity contribution in [2.24, 2.45) is 0 Å². The van der Waals surface area contributed by atoms with Gasteiger partial charge in [0.2, 0.25) is 0 Å². The van der Waals surface area contributed by atoms with E-state index in [1.54, 1.807) is 0 Å². The van der Waals surface area contributed by atoms with Gasteiger partial charge in [-0.1, -0.05) is 54.8 Å². The smallest absolute Gasteiger partial charge is 0.320 e. The highest BCUT2D eigenvalue weighted by Gasteiger charge is 2.28. The summed E-state index contributed by atoms with van der Waals surface area (Å²) >= 11 is 5.91. The standard InChI is InChI=1S/C23H29ClN2O2/c24-20-13-11-19(12-14-20)7-3-1-6-10-22(23(27)28)26-17-15-25(16-18-26)21-8-4-2-5-9-21/h2,4-5,8-9,11-14,22H,1,3,6-7,10,15-18H2,(H,27,28). The van der Waals surface area contributed by atoms with Gasteiger partial charge in [-0.2, -0.15) is 0 Å². The Labute approximate surface area is 172 Å². The lowest BCUT2D eigenvalue weighted by atomic mass is 10.0. The van der Waals surface area contributed by atoms with Gasteiger partial charge in [0.1, 0.15) is 6.04 Å². The number of nitrogens with zero attached hydrogens (tertiary/aromatic N) is 2. The van der Waals surface area contributed by atoms with Gasteiger partial charge in [-0.15, -0.1) is 0 Å². The van der Waals surface area contributed by atoms with Crippen molar-refractivity contribution in [2.45, 2.75) is 38.1 Å². The molecule has 2 aromatic carbocycles. The van der Waals surface area contributed by atoms with Crippen LogP contribution in [0, 0.1) is 0 Å². The van der Waals surface area contributed by atoms with E-state index in [0.717, 1.165) is 63.3 Å². The van der Waals surface area contributed by atoms with Crippen molar-refractivity contribution >= 4 is 23.3 Å². The van der Waals surface area contributed by atoms with Gasteiger partial charge in [0.25, 0.3) is 0 Å². The number of aryl methyl sites for hydroxylation is 1. The van der Waals surface area contributed by atoms with Crippen LogP contribution in [-0.2, 0) is 11.2 Å². The van der Waals surface area contributed by atoms with Crippen molar-refractivity contribution in [1.82, 2.24) is 4.90 Å². The number of carbonyl (C=O) groups is 1. The van der Waals surface area contributed by atoms with Gasteiger partial charge in [-0.05, 0) is 49.1 Å². The zero-order valence-electron chi connectivity index (χ0n) is 16.3. The van der Waals surface area contributed by atoms with Crippen LogP contribution in [0.2, 0.25) is 5.02 Å². The molecule has 0 amide bonds. The minimum atomic E-state index is -0.689. The third-order valence-electron chi connectivity index (χ3n) is 5.52. The molecule has 0 radical (unpaired) electrons. The SMILES string of the molecule is O=C(O)C(CCCCCc1ccc(Cl)cc1)N1CCN(c2ccccc2)CC1. The lowest BCUT2D eigenvalue weighted by molar-refractivity contribution is -0.143. The molecule has 4 nitrogen and oxygen atoms in total. The van der Waals surface area contributed by atoms with Gasteiger partial charge in [0, 0.05) is 36.9 Å². The molecule has 1 heterocycles. The number of anilines is 1. The summed E-state index contributed by atoms with van der Waals surface area (Å²) in [4.78, 5) is 16.3. The molecule has 0 spiro atoms. The molecule has 150 valence electrons. The highest BCUT2D eigenvalue weighted by atomic mass is 35.5. The Morgan fingerprint density at radius 3 is 2.25 bits per heavy atom. The summed E-state index contributed by atoms with van der Waals surface area (Å²) in [6.07, 6.45) is 4.82. The summed E-state index contributed by atoms with van der Waals surface area (Å²) < 4.78 is 0. The maximum Gasteiger partial charge on any atom is 0.320 e. The molecule has 0 aliphatic carbocycles. The van der Waals surface area contributed by atoms with Crippen LogP contribution in [0.15, 0.2) is 54.6 Å². The van der Waals surface area contributed by atoms with Crippen molar-refractivity contribution in [3.05, 3.63) is 65.2 Å². The first-order valence-corrected chi connectivity index (χ1v) is 10.5. The van der Waals surface area contributed by atoms with E-state index in [2.05, 4.69) is 34.1 Å². The predicted molar refractivity (Wildman–Crippen MR) is 115 cm³/mol. The first kappa shape index (κ1) is 20.7. The van der Waals surface area contributed by atoms with Crippen molar-refractivity contribution in [2.75, 3.05) is 31.1 Å². The Balaban J connectivity index is 1.40. The molecule has 0 bridgehead atoms. The normalized spacial score (nSPS) is 16.1. The van der Waals surface area contributed by atoms with Crippen molar-refractivity contribution < 1.29 is 9.90 Å². The monoisotopic (exact) mass is 400 g/mol. The topological polar surface area (TPSA) is 43.8 Å². The average Bonchev–Trinajstić information content (AvgIpc) is 2.72. The molecule has 1 aliphatic rings. The second-order valence-corrected chi connectivity index (χ2v) is 7.87. The summed E-state index contributed by atoms with van der Waals surface area (Å²) in [5.41, 5.74) is 2.51. The van der Waals surface area contributed by atoms with Crippen molar-refractivity contribution in [1.29, 1.82) is 0 Å². The van der Waals surface area contributed by atoms with E-state index in [1.165, 1.54) is 11.3 Å². The number of piperazine rings is 1. The summed E-state index contributed by atoms with van der Waals surface area (Å²) in [6, 6.07) is 18.0. The molecule has 1 saturated heterocycles. The Kier molecular flexibility index (Phi) is 7.75. The fraction of sp³-hybridized carbons (Fsp3) is 0.435. The minimum Gasteiger partial charge on any atom is -0.480 e. The predicted octanol–water partition coefficient (Wildman–Crippen LogP) is 4.72. The number of halogens is 1. The molecule has 3 rings (SSSR count). The molecule has 1 atom stereocenters. The third-order valence-corrected chi connectivity index (χ3v) is 5.77. The molecule has 28 heavy (non-hydrogen) atoms. The molecular weight excluding hydrogens is 372 g/mol. The van der Waals surface area contributed by atoms with Crippen LogP contribution in [0.5, 0.6) is 0 Å². The largest absolute Gasteiger partial charge is 0.480 e. The summed E-state index contributed by atoms with van der Waals surface area (Å²) in [7, 11) is 0. The van der Waals surface area contributed by atoms with E-state index in [4.69, 9.17) is 11.6 Å². The zero-order chi connectivity index (χ0) is 19.8. The van der Waals surface area contributed by atoms with Crippen LogP contribution in [0.1, 0.15) is 31.2 Å². The van der Waals surface area contributed by atoms with Crippen LogP contribution in [0.25, 0.3) is 0 Å². The summed E-state index contributed by atoms with van der Waals surface area (Å²) in [5.74, 6) is -0.689.